The first-order valence-corrected chi connectivity index (χ1v) is 10.2. The molecule has 6 nitrogen and oxygen atoms in total. The number of amides is 2. The van der Waals surface area contributed by atoms with E-state index < -0.39 is 5.97 Å². The van der Waals surface area contributed by atoms with Crippen LogP contribution < -0.4 is 5.32 Å². The molecule has 148 valence electrons. The average molecular weight is 373 g/mol. The molecule has 2 heterocycles. The van der Waals surface area contributed by atoms with Gasteiger partial charge >= 0.3 is 12.0 Å². The zero-order chi connectivity index (χ0) is 19.1. The summed E-state index contributed by atoms with van der Waals surface area (Å²) in [6, 6.07) is 6.61. The first kappa shape index (κ1) is 19.7. The minimum Gasteiger partial charge on any atom is -0.478 e. The molecule has 0 aliphatic carbocycles. The zero-order valence-electron chi connectivity index (χ0n) is 16.0. The number of nitrogens with one attached hydrogen (secondary N) is 1. The maximum atomic E-state index is 12.4. The van der Waals surface area contributed by atoms with E-state index in [-0.39, 0.29) is 11.6 Å². The fourth-order valence-electron chi connectivity index (χ4n) is 4.09. The maximum absolute atomic E-state index is 12.4. The van der Waals surface area contributed by atoms with Gasteiger partial charge in [-0.05, 0) is 81.8 Å². The molecule has 0 spiro atoms. The molecule has 0 unspecified atom stereocenters. The number of piperidine rings is 1. The van der Waals surface area contributed by atoms with Crippen LogP contribution in [0.5, 0.6) is 0 Å². The second kappa shape index (κ2) is 9.74. The van der Waals surface area contributed by atoms with Gasteiger partial charge in [0.05, 0.1) is 5.56 Å². The minimum absolute atomic E-state index is 0.0205. The Morgan fingerprint density at radius 3 is 2.33 bits per heavy atom. The molecule has 6 heteroatoms. The Hall–Kier alpha value is -2.08. The summed E-state index contributed by atoms with van der Waals surface area (Å²) in [5, 5.41) is 11.9. The Balaban J connectivity index is 1.32. The molecular weight excluding hydrogens is 342 g/mol. The first-order valence-electron chi connectivity index (χ1n) is 10.2. The van der Waals surface area contributed by atoms with Crippen LogP contribution in [0.15, 0.2) is 24.3 Å². The van der Waals surface area contributed by atoms with Crippen molar-refractivity contribution in [3.8, 4) is 0 Å². The molecule has 2 fully saturated rings. The lowest BCUT2D eigenvalue weighted by Crippen LogP contribution is -2.44. The SMILES string of the molecule is O=C(O)c1ccc(CNC(=O)N2CCC(CCCN3CCCC3)CC2)cc1. The number of aromatic carboxylic acids is 1. The van der Waals surface area contributed by atoms with Crippen molar-refractivity contribution in [2.45, 2.75) is 45.1 Å². The number of carboxylic acid groups (broad SMARTS) is 1. The molecule has 2 aliphatic heterocycles. The van der Waals surface area contributed by atoms with Crippen LogP contribution in [0, 0.1) is 5.92 Å². The van der Waals surface area contributed by atoms with Crippen LogP contribution in [0.3, 0.4) is 0 Å². The molecule has 27 heavy (non-hydrogen) atoms. The highest BCUT2D eigenvalue weighted by Crippen LogP contribution is 2.22. The molecule has 1 aromatic rings. The van der Waals surface area contributed by atoms with E-state index in [1.54, 1.807) is 24.3 Å². The normalized spacial score (nSPS) is 18.6. The summed E-state index contributed by atoms with van der Waals surface area (Å²) in [5.74, 6) is -0.186. The number of carbonyl (C=O) groups excluding carboxylic acids is 1. The number of hydrogen-bond donors (Lipinski definition) is 2. The summed E-state index contributed by atoms with van der Waals surface area (Å²) in [5.41, 5.74) is 1.17. The molecule has 2 N–H and O–H groups in total. The highest BCUT2D eigenvalue weighted by atomic mass is 16.4. The van der Waals surface area contributed by atoms with Gasteiger partial charge in [-0.15, -0.1) is 0 Å². The van der Waals surface area contributed by atoms with Crippen LogP contribution in [-0.4, -0.2) is 59.6 Å². The van der Waals surface area contributed by atoms with Crippen molar-refractivity contribution in [1.29, 1.82) is 0 Å². The first-order chi connectivity index (χ1) is 13.1. The summed E-state index contributed by atoms with van der Waals surface area (Å²) in [6.07, 6.45) is 7.47. The molecule has 2 aliphatic rings. The third-order valence-electron chi connectivity index (χ3n) is 5.83. The number of carboxylic acids is 1. The van der Waals surface area contributed by atoms with E-state index in [4.69, 9.17) is 5.11 Å². The molecule has 0 atom stereocenters. The zero-order valence-corrected chi connectivity index (χ0v) is 16.0. The number of benzene rings is 1. The molecule has 0 saturated carbocycles. The number of urea groups is 1. The Morgan fingerprint density at radius 1 is 1.04 bits per heavy atom. The number of likely N-dealkylation sites (tertiary alicyclic amines) is 2. The van der Waals surface area contributed by atoms with Crippen molar-refractivity contribution >= 4 is 12.0 Å². The van der Waals surface area contributed by atoms with E-state index in [1.165, 1.54) is 45.3 Å². The Kier molecular flexibility index (Phi) is 7.10. The van der Waals surface area contributed by atoms with Gasteiger partial charge in [-0.1, -0.05) is 12.1 Å². The third-order valence-corrected chi connectivity index (χ3v) is 5.83. The number of rotatable bonds is 7. The van der Waals surface area contributed by atoms with Gasteiger partial charge in [-0.25, -0.2) is 9.59 Å². The van der Waals surface area contributed by atoms with E-state index in [0.717, 1.165) is 37.4 Å². The summed E-state index contributed by atoms with van der Waals surface area (Å²) in [7, 11) is 0. The monoisotopic (exact) mass is 373 g/mol. The molecular formula is C21H31N3O3. The lowest BCUT2D eigenvalue weighted by atomic mass is 9.92. The van der Waals surface area contributed by atoms with Crippen molar-refractivity contribution < 1.29 is 14.7 Å². The van der Waals surface area contributed by atoms with Crippen LogP contribution >= 0.6 is 0 Å². The summed E-state index contributed by atoms with van der Waals surface area (Å²) < 4.78 is 0. The van der Waals surface area contributed by atoms with Crippen LogP contribution in [0.25, 0.3) is 0 Å². The summed E-state index contributed by atoms with van der Waals surface area (Å²) in [4.78, 5) is 27.7. The third kappa shape index (κ3) is 5.96. The second-order valence-electron chi connectivity index (χ2n) is 7.78. The Morgan fingerprint density at radius 2 is 1.70 bits per heavy atom. The smallest absolute Gasteiger partial charge is 0.335 e. The fourth-order valence-corrected chi connectivity index (χ4v) is 4.09. The molecule has 0 bridgehead atoms. The van der Waals surface area contributed by atoms with Crippen molar-refractivity contribution in [2.24, 2.45) is 5.92 Å². The molecule has 2 amide bonds. The molecule has 0 radical (unpaired) electrons. The van der Waals surface area contributed by atoms with E-state index in [1.807, 2.05) is 4.90 Å². The average Bonchev–Trinajstić information content (AvgIpc) is 3.20. The minimum atomic E-state index is -0.936. The van der Waals surface area contributed by atoms with Gasteiger partial charge in [-0.3, -0.25) is 0 Å². The van der Waals surface area contributed by atoms with Crippen LogP contribution in [-0.2, 0) is 6.54 Å². The van der Waals surface area contributed by atoms with Crippen molar-refractivity contribution in [2.75, 3.05) is 32.7 Å². The summed E-state index contributed by atoms with van der Waals surface area (Å²) in [6.45, 7) is 5.88. The Bertz CT molecular complexity index is 618. The van der Waals surface area contributed by atoms with Gasteiger partial charge in [0, 0.05) is 19.6 Å². The molecule has 1 aromatic carbocycles. The van der Waals surface area contributed by atoms with Gasteiger partial charge in [-0.2, -0.15) is 0 Å². The lowest BCUT2D eigenvalue weighted by Gasteiger charge is -2.32. The van der Waals surface area contributed by atoms with E-state index in [2.05, 4.69) is 10.2 Å². The van der Waals surface area contributed by atoms with Crippen LogP contribution in [0.2, 0.25) is 0 Å². The maximum Gasteiger partial charge on any atom is 0.335 e. The van der Waals surface area contributed by atoms with Gasteiger partial charge in [0.2, 0.25) is 0 Å². The lowest BCUT2D eigenvalue weighted by molar-refractivity contribution is 0.0697. The quantitative estimate of drug-likeness (QED) is 0.770. The Labute approximate surface area is 161 Å². The van der Waals surface area contributed by atoms with E-state index in [9.17, 15) is 9.59 Å². The molecule has 2 saturated heterocycles. The van der Waals surface area contributed by atoms with Gasteiger partial charge < -0.3 is 20.2 Å². The van der Waals surface area contributed by atoms with Gasteiger partial charge in [0.1, 0.15) is 0 Å². The molecule has 0 aromatic heterocycles. The van der Waals surface area contributed by atoms with Crippen molar-refractivity contribution in [3.63, 3.8) is 0 Å². The standard InChI is InChI=1S/C21H31N3O3/c25-20(26)19-7-5-18(6-8-19)16-22-21(27)24-14-9-17(10-15-24)4-3-13-23-11-1-2-12-23/h5-8,17H,1-4,9-16H2,(H,22,27)(H,25,26). The fraction of sp³-hybridized carbons (Fsp3) is 0.619. The predicted octanol–water partition coefficient (Wildman–Crippen LogP) is 3.18. The highest BCUT2D eigenvalue weighted by molar-refractivity contribution is 5.87. The van der Waals surface area contributed by atoms with Gasteiger partial charge in [0.25, 0.3) is 0 Å². The van der Waals surface area contributed by atoms with E-state index >= 15 is 0 Å². The van der Waals surface area contributed by atoms with Crippen molar-refractivity contribution in [1.82, 2.24) is 15.1 Å². The predicted molar refractivity (Wildman–Crippen MR) is 105 cm³/mol. The summed E-state index contributed by atoms with van der Waals surface area (Å²) >= 11 is 0. The number of hydrogen-bond acceptors (Lipinski definition) is 3. The largest absolute Gasteiger partial charge is 0.478 e. The van der Waals surface area contributed by atoms with E-state index in [0.29, 0.717) is 6.54 Å². The second-order valence-corrected chi connectivity index (χ2v) is 7.78. The topological polar surface area (TPSA) is 72.9 Å². The molecule has 3 rings (SSSR count). The van der Waals surface area contributed by atoms with Crippen molar-refractivity contribution in [3.05, 3.63) is 35.4 Å². The highest BCUT2D eigenvalue weighted by Gasteiger charge is 2.22. The van der Waals surface area contributed by atoms with Gasteiger partial charge in [0.15, 0.2) is 0 Å². The van der Waals surface area contributed by atoms with Crippen LogP contribution in [0.4, 0.5) is 4.79 Å². The number of nitrogens with zero attached hydrogens (tertiary/aromatic N) is 2. The van der Waals surface area contributed by atoms with Crippen LogP contribution in [0.1, 0.15) is 54.4 Å². The number of carbonyl (C=O) groups is 2.